The molecule has 34 heavy (non-hydrogen) atoms. The van der Waals surface area contributed by atoms with E-state index in [1.807, 2.05) is 45.0 Å². The molecule has 2 heterocycles. The molecule has 1 atom stereocenters. The van der Waals surface area contributed by atoms with Gasteiger partial charge in [0.15, 0.2) is 6.04 Å². The van der Waals surface area contributed by atoms with Crippen molar-refractivity contribution in [2.45, 2.75) is 38.9 Å². The summed E-state index contributed by atoms with van der Waals surface area (Å²) >= 11 is 0. The first-order chi connectivity index (χ1) is 16.3. The number of methoxy groups -OCH3 is 1. The van der Waals surface area contributed by atoms with Gasteiger partial charge in [0.1, 0.15) is 18.1 Å². The van der Waals surface area contributed by atoms with Gasteiger partial charge >= 0.3 is 0 Å². The SMILES string of the molecule is COc1ccc(N(C(=O)Cn2cnc3ccccc32)C(C(=O)NC(C)(C)C)c2ccco2)cc1. The average molecular weight is 461 g/mol. The van der Waals surface area contributed by atoms with Gasteiger partial charge in [0, 0.05) is 11.2 Å². The number of benzene rings is 2. The Hall–Kier alpha value is -4.07. The van der Waals surface area contributed by atoms with E-state index in [4.69, 9.17) is 9.15 Å². The second-order valence-corrected chi connectivity index (χ2v) is 8.98. The summed E-state index contributed by atoms with van der Waals surface area (Å²) in [5, 5.41) is 2.99. The van der Waals surface area contributed by atoms with Gasteiger partial charge in [-0.25, -0.2) is 4.98 Å². The van der Waals surface area contributed by atoms with Gasteiger partial charge in [-0.15, -0.1) is 0 Å². The van der Waals surface area contributed by atoms with Crippen LogP contribution in [0.5, 0.6) is 5.75 Å². The quantitative estimate of drug-likeness (QED) is 0.443. The zero-order valence-electron chi connectivity index (χ0n) is 19.7. The lowest BCUT2D eigenvalue weighted by atomic mass is 10.1. The van der Waals surface area contributed by atoms with Gasteiger partial charge in [-0.05, 0) is 69.3 Å². The van der Waals surface area contributed by atoms with Crippen LogP contribution in [0.15, 0.2) is 77.7 Å². The highest BCUT2D eigenvalue weighted by Gasteiger charge is 2.36. The van der Waals surface area contributed by atoms with Crippen molar-refractivity contribution in [3.8, 4) is 5.75 Å². The fourth-order valence-corrected chi connectivity index (χ4v) is 3.80. The van der Waals surface area contributed by atoms with Crippen molar-refractivity contribution < 1.29 is 18.7 Å². The summed E-state index contributed by atoms with van der Waals surface area (Å²) in [5.74, 6) is 0.368. The molecule has 2 aromatic heterocycles. The van der Waals surface area contributed by atoms with Crippen LogP contribution >= 0.6 is 0 Å². The zero-order valence-corrected chi connectivity index (χ0v) is 19.7. The van der Waals surface area contributed by atoms with Gasteiger partial charge in [0.2, 0.25) is 5.91 Å². The summed E-state index contributed by atoms with van der Waals surface area (Å²) in [5.41, 5.74) is 1.66. The zero-order chi connectivity index (χ0) is 24.3. The van der Waals surface area contributed by atoms with E-state index in [0.717, 1.165) is 11.0 Å². The second-order valence-electron chi connectivity index (χ2n) is 8.98. The predicted molar refractivity (Wildman–Crippen MR) is 130 cm³/mol. The van der Waals surface area contributed by atoms with E-state index in [0.29, 0.717) is 17.2 Å². The van der Waals surface area contributed by atoms with E-state index < -0.39 is 11.6 Å². The summed E-state index contributed by atoms with van der Waals surface area (Å²) in [6.45, 7) is 5.66. The van der Waals surface area contributed by atoms with Gasteiger partial charge in [-0.1, -0.05) is 12.1 Å². The smallest absolute Gasteiger partial charge is 0.251 e. The first kappa shape index (κ1) is 23.1. The molecule has 8 nitrogen and oxygen atoms in total. The molecule has 0 aliphatic heterocycles. The van der Waals surface area contributed by atoms with E-state index >= 15 is 0 Å². The monoisotopic (exact) mass is 460 g/mol. The van der Waals surface area contributed by atoms with Gasteiger partial charge < -0.3 is 19.0 Å². The summed E-state index contributed by atoms with van der Waals surface area (Å²) in [6.07, 6.45) is 3.12. The number of para-hydroxylation sites is 2. The Morgan fingerprint density at radius 3 is 2.47 bits per heavy atom. The molecule has 0 radical (unpaired) electrons. The van der Waals surface area contributed by atoms with Crippen molar-refractivity contribution in [1.29, 1.82) is 0 Å². The second kappa shape index (κ2) is 9.43. The molecule has 0 spiro atoms. The van der Waals surface area contributed by atoms with Crippen LogP contribution in [0.4, 0.5) is 5.69 Å². The number of hydrogen-bond donors (Lipinski definition) is 1. The van der Waals surface area contributed by atoms with Crippen LogP contribution in [0, 0.1) is 0 Å². The van der Waals surface area contributed by atoms with Crippen LogP contribution in [0.1, 0.15) is 32.6 Å². The third-order valence-corrected chi connectivity index (χ3v) is 5.27. The number of carbonyl (C=O) groups excluding carboxylic acids is 2. The van der Waals surface area contributed by atoms with Crippen molar-refractivity contribution in [3.63, 3.8) is 0 Å². The minimum atomic E-state index is -1.01. The Morgan fingerprint density at radius 2 is 1.82 bits per heavy atom. The molecule has 0 saturated carbocycles. The van der Waals surface area contributed by atoms with E-state index in [2.05, 4.69) is 10.3 Å². The van der Waals surface area contributed by atoms with Gasteiger partial charge in [-0.2, -0.15) is 0 Å². The molecular weight excluding hydrogens is 432 g/mol. The fourth-order valence-electron chi connectivity index (χ4n) is 3.80. The maximum absolute atomic E-state index is 13.8. The molecule has 1 N–H and O–H groups in total. The lowest BCUT2D eigenvalue weighted by Crippen LogP contribution is -2.50. The van der Waals surface area contributed by atoms with Crippen molar-refractivity contribution in [1.82, 2.24) is 14.9 Å². The molecule has 4 rings (SSSR count). The number of carbonyl (C=O) groups is 2. The highest BCUT2D eigenvalue weighted by atomic mass is 16.5. The topological polar surface area (TPSA) is 89.6 Å². The molecule has 0 aliphatic carbocycles. The number of nitrogens with one attached hydrogen (secondary N) is 1. The Bertz CT molecular complexity index is 1270. The van der Waals surface area contributed by atoms with Crippen LogP contribution < -0.4 is 15.0 Å². The number of furan rings is 1. The highest BCUT2D eigenvalue weighted by Crippen LogP contribution is 2.31. The number of imidazole rings is 1. The van der Waals surface area contributed by atoms with Gasteiger partial charge in [0.05, 0.1) is 30.7 Å². The first-order valence-electron chi connectivity index (χ1n) is 11.0. The number of amides is 2. The van der Waals surface area contributed by atoms with Crippen molar-refractivity contribution >= 4 is 28.5 Å². The minimum Gasteiger partial charge on any atom is -0.497 e. The van der Waals surface area contributed by atoms with Crippen molar-refractivity contribution in [3.05, 3.63) is 79.0 Å². The first-order valence-corrected chi connectivity index (χ1v) is 11.0. The molecule has 0 saturated heterocycles. The molecule has 0 aliphatic rings. The van der Waals surface area contributed by atoms with Gasteiger partial charge in [0.25, 0.3) is 5.91 Å². The van der Waals surface area contributed by atoms with E-state index in [1.54, 1.807) is 54.4 Å². The molecule has 4 aromatic rings. The molecule has 8 heteroatoms. The van der Waals surface area contributed by atoms with Crippen molar-refractivity contribution in [2.24, 2.45) is 0 Å². The predicted octanol–water partition coefficient (Wildman–Crippen LogP) is 4.33. The third kappa shape index (κ3) is 4.96. The number of fused-ring (bicyclic) bond motifs is 1. The van der Waals surface area contributed by atoms with Gasteiger partial charge in [-0.3, -0.25) is 14.5 Å². The summed E-state index contributed by atoms with van der Waals surface area (Å²) in [4.78, 5) is 33.2. The number of aromatic nitrogens is 2. The average Bonchev–Trinajstić information content (AvgIpc) is 3.47. The summed E-state index contributed by atoms with van der Waals surface area (Å²) < 4.78 is 12.7. The molecule has 2 aromatic carbocycles. The maximum Gasteiger partial charge on any atom is 0.251 e. The highest BCUT2D eigenvalue weighted by molar-refractivity contribution is 6.01. The molecule has 176 valence electrons. The Kier molecular flexibility index (Phi) is 6.40. The maximum atomic E-state index is 13.8. The number of ether oxygens (including phenoxy) is 1. The number of anilines is 1. The number of rotatable bonds is 7. The number of nitrogens with zero attached hydrogens (tertiary/aromatic N) is 3. The normalized spacial score (nSPS) is 12.4. The molecular formula is C26H28N4O4. The number of hydrogen-bond acceptors (Lipinski definition) is 5. The van der Waals surface area contributed by atoms with E-state index in [-0.39, 0.29) is 18.4 Å². The summed E-state index contributed by atoms with van der Waals surface area (Å²) in [6, 6.07) is 17.0. The lowest BCUT2D eigenvalue weighted by Gasteiger charge is -2.32. The van der Waals surface area contributed by atoms with E-state index in [9.17, 15) is 9.59 Å². The Balaban J connectivity index is 1.78. The lowest BCUT2D eigenvalue weighted by molar-refractivity contribution is -0.128. The van der Waals surface area contributed by atoms with Crippen LogP contribution in [0.3, 0.4) is 0 Å². The molecule has 1 unspecified atom stereocenters. The summed E-state index contributed by atoms with van der Waals surface area (Å²) in [7, 11) is 1.57. The molecule has 0 fully saturated rings. The minimum absolute atomic E-state index is 0.00739. The van der Waals surface area contributed by atoms with Crippen LogP contribution in [0.2, 0.25) is 0 Å². The van der Waals surface area contributed by atoms with E-state index in [1.165, 1.54) is 11.2 Å². The Labute approximate surface area is 198 Å². The fraction of sp³-hybridized carbons (Fsp3) is 0.269. The van der Waals surface area contributed by atoms with Crippen molar-refractivity contribution in [2.75, 3.05) is 12.0 Å². The Morgan fingerprint density at radius 1 is 1.09 bits per heavy atom. The molecule has 0 bridgehead atoms. The van der Waals surface area contributed by atoms with Crippen LogP contribution in [-0.2, 0) is 16.1 Å². The largest absolute Gasteiger partial charge is 0.497 e. The molecule has 2 amide bonds. The van der Waals surface area contributed by atoms with Crippen LogP contribution in [0.25, 0.3) is 11.0 Å². The van der Waals surface area contributed by atoms with Crippen LogP contribution in [-0.4, -0.2) is 34.0 Å². The standard InChI is InChI=1S/C26H28N4O4/c1-26(2,3)28-25(32)24(22-10-7-15-34-22)30(18-11-13-19(33-4)14-12-18)23(31)16-29-17-27-20-8-5-6-9-21(20)29/h5-15,17,24H,16H2,1-4H3,(H,28,32). The third-order valence-electron chi connectivity index (χ3n) is 5.27.